The van der Waals surface area contributed by atoms with Crippen LogP contribution in [0.2, 0.25) is 5.22 Å². The first-order chi connectivity index (χ1) is 10.3. The second kappa shape index (κ2) is 6.29. The molecule has 0 aliphatic rings. The Hall–Kier alpha value is -1.84. The van der Waals surface area contributed by atoms with Crippen molar-refractivity contribution in [1.82, 2.24) is 10.3 Å². The first kappa shape index (κ1) is 14.1. The molecule has 0 saturated heterocycles. The molecular formula is C17H17ClN2O. The van der Waals surface area contributed by atoms with Crippen molar-refractivity contribution in [1.29, 1.82) is 0 Å². The minimum absolute atomic E-state index is 0.0328. The SMILES string of the molecule is CCCNC(c1cnc2ccccc2c1)c1ccc(Cl)o1. The van der Waals surface area contributed by atoms with E-state index in [4.69, 9.17) is 16.0 Å². The smallest absolute Gasteiger partial charge is 0.193 e. The molecule has 0 aliphatic heterocycles. The third kappa shape index (κ3) is 3.09. The van der Waals surface area contributed by atoms with Gasteiger partial charge >= 0.3 is 0 Å². The highest BCUT2D eigenvalue weighted by Crippen LogP contribution is 2.27. The number of benzene rings is 1. The summed E-state index contributed by atoms with van der Waals surface area (Å²) in [6, 6.07) is 13.9. The molecule has 0 spiro atoms. The third-order valence-corrected chi connectivity index (χ3v) is 3.63. The molecular weight excluding hydrogens is 284 g/mol. The lowest BCUT2D eigenvalue weighted by Gasteiger charge is -2.17. The second-order valence-electron chi connectivity index (χ2n) is 4.99. The molecule has 0 saturated carbocycles. The summed E-state index contributed by atoms with van der Waals surface area (Å²) in [7, 11) is 0. The number of nitrogens with zero attached hydrogens (tertiary/aromatic N) is 1. The number of hydrogen-bond donors (Lipinski definition) is 1. The topological polar surface area (TPSA) is 38.1 Å². The van der Waals surface area contributed by atoms with Gasteiger partial charge in [0.1, 0.15) is 5.76 Å². The number of halogens is 1. The van der Waals surface area contributed by atoms with Crippen LogP contribution < -0.4 is 5.32 Å². The summed E-state index contributed by atoms with van der Waals surface area (Å²) < 4.78 is 5.58. The maximum atomic E-state index is 5.91. The Morgan fingerprint density at radius 3 is 2.86 bits per heavy atom. The van der Waals surface area contributed by atoms with E-state index in [1.807, 2.05) is 30.5 Å². The van der Waals surface area contributed by atoms with Crippen LogP contribution in [0.15, 0.2) is 53.1 Å². The van der Waals surface area contributed by atoms with Gasteiger partial charge in [-0.1, -0.05) is 25.1 Å². The van der Waals surface area contributed by atoms with Gasteiger partial charge in [-0.15, -0.1) is 0 Å². The van der Waals surface area contributed by atoms with Gasteiger partial charge in [-0.05, 0) is 54.4 Å². The van der Waals surface area contributed by atoms with Gasteiger partial charge in [-0.2, -0.15) is 0 Å². The van der Waals surface area contributed by atoms with Gasteiger partial charge in [0.2, 0.25) is 0 Å². The van der Waals surface area contributed by atoms with Gasteiger partial charge in [-0.25, -0.2) is 0 Å². The number of pyridine rings is 1. The zero-order valence-electron chi connectivity index (χ0n) is 11.8. The number of para-hydroxylation sites is 1. The summed E-state index contributed by atoms with van der Waals surface area (Å²) in [6.07, 6.45) is 2.94. The average molecular weight is 301 g/mol. The van der Waals surface area contributed by atoms with Gasteiger partial charge in [-0.3, -0.25) is 4.98 Å². The van der Waals surface area contributed by atoms with Crippen LogP contribution in [0.3, 0.4) is 0 Å². The van der Waals surface area contributed by atoms with Gasteiger partial charge in [0.05, 0.1) is 11.6 Å². The van der Waals surface area contributed by atoms with E-state index in [1.54, 1.807) is 6.07 Å². The van der Waals surface area contributed by atoms with Crippen molar-refractivity contribution in [3.8, 4) is 0 Å². The molecule has 3 nitrogen and oxygen atoms in total. The number of furan rings is 1. The van der Waals surface area contributed by atoms with Crippen molar-refractivity contribution >= 4 is 22.5 Å². The average Bonchev–Trinajstić information content (AvgIpc) is 2.94. The third-order valence-electron chi connectivity index (χ3n) is 3.42. The lowest BCUT2D eigenvalue weighted by atomic mass is 10.0. The first-order valence-corrected chi connectivity index (χ1v) is 7.49. The molecule has 1 N–H and O–H groups in total. The van der Waals surface area contributed by atoms with Crippen LogP contribution in [0.5, 0.6) is 0 Å². The molecule has 0 aliphatic carbocycles. The molecule has 2 aromatic heterocycles. The number of rotatable bonds is 5. The zero-order valence-corrected chi connectivity index (χ0v) is 12.6. The minimum atomic E-state index is -0.0328. The van der Waals surface area contributed by atoms with Crippen LogP contribution >= 0.6 is 11.6 Å². The number of fused-ring (bicyclic) bond motifs is 1. The van der Waals surface area contributed by atoms with Crippen molar-refractivity contribution < 1.29 is 4.42 Å². The summed E-state index contributed by atoms with van der Waals surface area (Å²) >= 11 is 5.91. The van der Waals surface area contributed by atoms with Crippen LogP contribution in [0.1, 0.15) is 30.7 Å². The van der Waals surface area contributed by atoms with E-state index in [1.165, 1.54) is 0 Å². The van der Waals surface area contributed by atoms with E-state index in [2.05, 4.69) is 29.4 Å². The van der Waals surface area contributed by atoms with Crippen molar-refractivity contribution in [2.75, 3.05) is 6.54 Å². The molecule has 0 bridgehead atoms. The molecule has 0 amide bonds. The van der Waals surface area contributed by atoms with E-state index in [0.717, 1.165) is 35.2 Å². The van der Waals surface area contributed by atoms with Crippen molar-refractivity contribution in [3.05, 3.63) is 65.2 Å². The summed E-state index contributed by atoms with van der Waals surface area (Å²) in [5.74, 6) is 0.811. The molecule has 1 aromatic carbocycles. The number of aromatic nitrogens is 1. The fourth-order valence-electron chi connectivity index (χ4n) is 2.40. The maximum Gasteiger partial charge on any atom is 0.193 e. The van der Waals surface area contributed by atoms with Crippen LogP contribution in [0.4, 0.5) is 0 Å². The largest absolute Gasteiger partial charge is 0.448 e. The molecule has 1 unspecified atom stereocenters. The minimum Gasteiger partial charge on any atom is -0.448 e. The van der Waals surface area contributed by atoms with E-state index < -0.39 is 0 Å². The molecule has 0 fully saturated rings. The van der Waals surface area contributed by atoms with Crippen molar-refractivity contribution in [2.45, 2.75) is 19.4 Å². The molecule has 0 radical (unpaired) electrons. The standard InChI is InChI=1S/C17H17ClN2O/c1-2-9-19-17(15-7-8-16(18)21-15)13-10-12-5-3-4-6-14(12)20-11-13/h3-8,10-11,17,19H,2,9H2,1H3. The van der Waals surface area contributed by atoms with Crippen molar-refractivity contribution in [2.24, 2.45) is 0 Å². The summed E-state index contributed by atoms with van der Waals surface area (Å²) in [5.41, 5.74) is 2.07. The molecule has 3 rings (SSSR count). The number of nitrogens with one attached hydrogen (secondary N) is 1. The Balaban J connectivity index is 2.00. The Morgan fingerprint density at radius 1 is 1.24 bits per heavy atom. The number of hydrogen-bond acceptors (Lipinski definition) is 3. The summed E-state index contributed by atoms with van der Waals surface area (Å²) in [5, 5.41) is 5.01. The van der Waals surface area contributed by atoms with Gasteiger partial charge in [0.25, 0.3) is 0 Å². The molecule has 2 heterocycles. The monoisotopic (exact) mass is 300 g/mol. The fraction of sp³-hybridized carbons (Fsp3) is 0.235. The lowest BCUT2D eigenvalue weighted by Crippen LogP contribution is -2.22. The van der Waals surface area contributed by atoms with E-state index in [0.29, 0.717) is 5.22 Å². The molecule has 108 valence electrons. The fourth-order valence-corrected chi connectivity index (χ4v) is 2.55. The lowest BCUT2D eigenvalue weighted by molar-refractivity contribution is 0.447. The van der Waals surface area contributed by atoms with E-state index in [9.17, 15) is 0 Å². The normalized spacial score (nSPS) is 12.7. The Morgan fingerprint density at radius 2 is 2.10 bits per heavy atom. The molecule has 1 atom stereocenters. The summed E-state index contributed by atoms with van der Waals surface area (Å²) in [6.45, 7) is 3.04. The van der Waals surface area contributed by atoms with Crippen LogP contribution in [-0.2, 0) is 0 Å². The Labute approximate surface area is 128 Å². The van der Waals surface area contributed by atoms with Gasteiger partial charge in [0.15, 0.2) is 5.22 Å². The predicted molar refractivity (Wildman–Crippen MR) is 85.6 cm³/mol. The highest BCUT2D eigenvalue weighted by molar-refractivity contribution is 6.28. The highest BCUT2D eigenvalue weighted by atomic mass is 35.5. The van der Waals surface area contributed by atoms with Gasteiger partial charge < -0.3 is 9.73 Å². The van der Waals surface area contributed by atoms with Crippen LogP contribution in [0, 0.1) is 0 Å². The molecule has 4 heteroatoms. The van der Waals surface area contributed by atoms with E-state index in [-0.39, 0.29) is 6.04 Å². The Kier molecular flexibility index (Phi) is 4.23. The van der Waals surface area contributed by atoms with Crippen molar-refractivity contribution in [3.63, 3.8) is 0 Å². The second-order valence-corrected chi connectivity index (χ2v) is 5.36. The molecule has 21 heavy (non-hydrogen) atoms. The maximum absolute atomic E-state index is 5.91. The highest BCUT2D eigenvalue weighted by Gasteiger charge is 2.18. The van der Waals surface area contributed by atoms with Gasteiger partial charge in [0, 0.05) is 11.6 Å². The van der Waals surface area contributed by atoms with Crippen LogP contribution in [0.25, 0.3) is 10.9 Å². The Bertz CT molecular complexity index is 738. The quantitative estimate of drug-likeness (QED) is 0.750. The van der Waals surface area contributed by atoms with E-state index >= 15 is 0 Å². The first-order valence-electron chi connectivity index (χ1n) is 7.11. The summed E-state index contributed by atoms with van der Waals surface area (Å²) in [4.78, 5) is 4.53. The predicted octanol–water partition coefficient (Wildman–Crippen LogP) is 4.57. The molecule has 3 aromatic rings. The van der Waals surface area contributed by atoms with Crippen LogP contribution in [-0.4, -0.2) is 11.5 Å². The zero-order chi connectivity index (χ0) is 14.7.